The van der Waals surface area contributed by atoms with Gasteiger partial charge in [0.2, 0.25) is 0 Å². The van der Waals surface area contributed by atoms with Crippen molar-refractivity contribution in [3.05, 3.63) is 0 Å². The molecule has 0 bridgehead atoms. The third-order valence-corrected chi connectivity index (χ3v) is 3.55. The molecule has 0 unspecified atom stereocenters. The standard InChI is InChI=1S/C15H32N2/c1-13(2,3)16-14(4,5)12-15(6,7)17-10-8-9-11-17/h16H,8-12H2,1-7H3. The number of hydrogen-bond acceptors (Lipinski definition) is 2. The fourth-order valence-corrected chi connectivity index (χ4v) is 3.58. The summed E-state index contributed by atoms with van der Waals surface area (Å²) in [5.41, 5.74) is 0.674. The van der Waals surface area contributed by atoms with Gasteiger partial charge in [0.25, 0.3) is 0 Å². The van der Waals surface area contributed by atoms with Crippen LogP contribution >= 0.6 is 0 Å². The molecule has 0 aromatic heterocycles. The average molecular weight is 240 g/mol. The lowest BCUT2D eigenvalue weighted by atomic mass is 9.84. The van der Waals surface area contributed by atoms with Crippen LogP contribution in [0.25, 0.3) is 0 Å². The summed E-state index contributed by atoms with van der Waals surface area (Å²) in [7, 11) is 0. The lowest BCUT2D eigenvalue weighted by molar-refractivity contribution is 0.0997. The predicted molar refractivity (Wildman–Crippen MR) is 76.5 cm³/mol. The summed E-state index contributed by atoms with van der Waals surface area (Å²) in [6.45, 7) is 18.7. The van der Waals surface area contributed by atoms with Crippen molar-refractivity contribution in [3.63, 3.8) is 0 Å². The zero-order valence-electron chi connectivity index (χ0n) is 13.0. The van der Waals surface area contributed by atoms with Crippen molar-refractivity contribution < 1.29 is 0 Å². The van der Waals surface area contributed by atoms with Gasteiger partial charge in [-0.2, -0.15) is 0 Å². The van der Waals surface area contributed by atoms with Crippen molar-refractivity contribution in [2.75, 3.05) is 13.1 Å². The lowest BCUT2D eigenvalue weighted by Crippen LogP contribution is -2.56. The molecule has 0 aromatic rings. The Balaban J connectivity index is 2.61. The summed E-state index contributed by atoms with van der Waals surface area (Å²) in [5.74, 6) is 0. The van der Waals surface area contributed by atoms with Crippen LogP contribution < -0.4 is 5.32 Å². The molecule has 0 radical (unpaired) electrons. The molecule has 0 aromatic carbocycles. The van der Waals surface area contributed by atoms with Gasteiger partial charge in [0.1, 0.15) is 0 Å². The van der Waals surface area contributed by atoms with Crippen LogP contribution in [0.4, 0.5) is 0 Å². The largest absolute Gasteiger partial charge is 0.307 e. The molecule has 1 saturated heterocycles. The maximum absolute atomic E-state index is 3.75. The molecule has 1 aliphatic heterocycles. The van der Waals surface area contributed by atoms with Gasteiger partial charge in [-0.25, -0.2) is 0 Å². The van der Waals surface area contributed by atoms with E-state index in [0.29, 0.717) is 5.54 Å². The minimum absolute atomic E-state index is 0.185. The van der Waals surface area contributed by atoms with E-state index < -0.39 is 0 Å². The second-order valence-corrected chi connectivity index (χ2v) is 7.94. The quantitative estimate of drug-likeness (QED) is 0.810. The van der Waals surface area contributed by atoms with E-state index in [-0.39, 0.29) is 11.1 Å². The second-order valence-electron chi connectivity index (χ2n) is 7.94. The Morgan fingerprint density at radius 3 is 1.76 bits per heavy atom. The number of rotatable bonds is 4. The van der Waals surface area contributed by atoms with Crippen LogP contribution in [0.5, 0.6) is 0 Å². The Bertz CT molecular complexity index is 242. The highest BCUT2D eigenvalue weighted by Gasteiger charge is 2.36. The highest BCUT2D eigenvalue weighted by Crippen LogP contribution is 2.30. The summed E-state index contributed by atoms with van der Waals surface area (Å²) in [4.78, 5) is 2.65. The smallest absolute Gasteiger partial charge is 0.0170 e. The summed E-state index contributed by atoms with van der Waals surface area (Å²) < 4.78 is 0. The normalized spacial score (nSPS) is 19.9. The molecule has 1 aliphatic rings. The first kappa shape index (κ1) is 15.0. The van der Waals surface area contributed by atoms with E-state index in [9.17, 15) is 0 Å². The minimum atomic E-state index is 0.185. The van der Waals surface area contributed by atoms with Crippen LogP contribution in [0.2, 0.25) is 0 Å². The molecule has 102 valence electrons. The van der Waals surface area contributed by atoms with Crippen molar-refractivity contribution in [2.24, 2.45) is 0 Å². The number of nitrogens with one attached hydrogen (secondary N) is 1. The highest BCUT2D eigenvalue weighted by molar-refractivity contribution is 4.95. The van der Waals surface area contributed by atoms with Crippen molar-refractivity contribution in [3.8, 4) is 0 Å². The zero-order valence-corrected chi connectivity index (χ0v) is 13.0. The van der Waals surface area contributed by atoms with Gasteiger partial charge >= 0.3 is 0 Å². The third kappa shape index (κ3) is 4.97. The Hall–Kier alpha value is -0.0800. The Labute approximate surface area is 108 Å². The van der Waals surface area contributed by atoms with E-state index in [1.807, 2.05) is 0 Å². The minimum Gasteiger partial charge on any atom is -0.307 e. The van der Waals surface area contributed by atoms with Gasteiger partial charge in [-0.15, -0.1) is 0 Å². The maximum Gasteiger partial charge on any atom is 0.0170 e. The molecule has 0 spiro atoms. The van der Waals surface area contributed by atoms with Gasteiger partial charge in [-0.1, -0.05) is 0 Å². The molecule has 1 heterocycles. The monoisotopic (exact) mass is 240 g/mol. The second kappa shape index (κ2) is 4.89. The van der Waals surface area contributed by atoms with Crippen LogP contribution in [0.1, 0.15) is 67.7 Å². The summed E-state index contributed by atoms with van der Waals surface area (Å²) in [6, 6.07) is 0. The zero-order chi connectivity index (χ0) is 13.3. The molecule has 0 amide bonds. The molecular weight excluding hydrogens is 208 g/mol. The Morgan fingerprint density at radius 1 is 0.882 bits per heavy atom. The van der Waals surface area contributed by atoms with E-state index in [4.69, 9.17) is 0 Å². The summed E-state index contributed by atoms with van der Waals surface area (Å²) in [6.07, 6.45) is 3.93. The van der Waals surface area contributed by atoms with E-state index in [0.717, 1.165) is 0 Å². The van der Waals surface area contributed by atoms with Crippen LogP contribution in [0.15, 0.2) is 0 Å². The molecule has 17 heavy (non-hydrogen) atoms. The molecule has 1 N–H and O–H groups in total. The van der Waals surface area contributed by atoms with Gasteiger partial charge in [-0.3, -0.25) is 4.90 Å². The SMILES string of the molecule is CC(C)(C)NC(C)(C)CC(C)(C)N1CCCC1. The topological polar surface area (TPSA) is 15.3 Å². The molecule has 1 fully saturated rings. The van der Waals surface area contributed by atoms with Gasteiger partial charge < -0.3 is 5.32 Å². The van der Waals surface area contributed by atoms with Crippen molar-refractivity contribution in [1.29, 1.82) is 0 Å². The van der Waals surface area contributed by atoms with Crippen LogP contribution in [-0.2, 0) is 0 Å². The number of hydrogen-bond donors (Lipinski definition) is 1. The fraction of sp³-hybridized carbons (Fsp3) is 1.00. The van der Waals surface area contributed by atoms with Crippen molar-refractivity contribution >= 4 is 0 Å². The predicted octanol–water partition coefficient (Wildman–Crippen LogP) is 3.42. The molecule has 0 aliphatic carbocycles. The molecule has 0 atom stereocenters. The molecule has 1 rings (SSSR count). The number of likely N-dealkylation sites (tertiary alicyclic amines) is 1. The molecule has 2 nitrogen and oxygen atoms in total. The Morgan fingerprint density at radius 2 is 1.35 bits per heavy atom. The van der Waals surface area contributed by atoms with Crippen LogP contribution in [0.3, 0.4) is 0 Å². The first-order valence-electron chi connectivity index (χ1n) is 7.06. The van der Waals surface area contributed by atoms with Gasteiger partial charge in [0.15, 0.2) is 0 Å². The summed E-state index contributed by atoms with van der Waals surface area (Å²) >= 11 is 0. The van der Waals surface area contributed by atoms with E-state index in [1.165, 1.54) is 32.4 Å². The van der Waals surface area contributed by atoms with E-state index >= 15 is 0 Å². The van der Waals surface area contributed by atoms with Gasteiger partial charge in [0.05, 0.1) is 0 Å². The van der Waals surface area contributed by atoms with E-state index in [1.54, 1.807) is 0 Å². The van der Waals surface area contributed by atoms with E-state index in [2.05, 4.69) is 58.7 Å². The molecular formula is C15H32N2. The first-order valence-corrected chi connectivity index (χ1v) is 7.06. The first-order chi connectivity index (χ1) is 7.52. The molecule has 2 heteroatoms. The van der Waals surface area contributed by atoms with Crippen molar-refractivity contribution in [1.82, 2.24) is 10.2 Å². The van der Waals surface area contributed by atoms with Crippen LogP contribution in [-0.4, -0.2) is 34.6 Å². The average Bonchev–Trinajstić information content (AvgIpc) is 2.46. The van der Waals surface area contributed by atoms with Crippen molar-refractivity contribution in [2.45, 2.75) is 84.3 Å². The van der Waals surface area contributed by atoms with Gasteiger partial charge in [0, 0.05) is 16.6 Å². The maximum atomic E-state index is 3.75. The number of nitrogens with zero attached hydrogens (tertiary/aromatic N) is 1. The van der Waals surface area contributed by atoms with Gasteiger partial charge in [-0.05, 0) is 80.8 Å². The highest BCUT2D eigenvalue weighted by atomic mass is 15.2. The summed E-state index contributed by atoms with van der Waals surface area (Å²) in [5, 5.41) is 3.75. The molecule has 0 saturated carbocycles. The third-order valence-electron chi connectivity index (χ3n) is 3.55. The fourth-order valence-electron chi connectivity index (χ4n) is 3.58. The van der Waals surface area contributed by atoms with Crippen LogP contribution in [0, 0.1) is 0 Å². The lowest BCUT2D eigenvalue weighted by Gasteiger charge is -2.44. The Kier molecular flexibility index (Phi) is 4.31.